The van der Waals surface area contributed by atoms with E-state index in [1.165, 1.54) is 5.69 Å². The first-order valence-electron chi connectivity index (χ1n) is 10.3. The molecule has 0 unspecified atom stereocenters. The van der Waals surface area contributed by atoms with E-state index in [0.717, 1.165) is 41.8 Å². The van der Waals surface area contributed by atoms with Crippen LogP contribution >= 0.6 is 0 Å². The van der Waals surface area contributed by atoms with Gasteiger partial charge in [-0.15, -0.1) is 0 Å². The zero-order valence-corrected chi connectivity index (χ0v) is 17.1. The molecule has 7 heteroatoms. The molecule has 1 N–H and O–H groups in total. The molecule has 0 saturated heterocycles. The number of ether oxygens (including phenoxy) is 1. The number of hydrogen-bond acceptors (Lipinski definition) is 4. The molecule has 4 rings (SSSR count). The van der Waals surface area contributed by atoms with Crippen LogP contribution in [0.1, 0.15) is 41.8 Å². The topological polar surface area (TPSA) is 76.5 Å². The van der Waals surface area contributed by atoms with Crippen molar-refractivity contribution < 1.29 is 14.3 Å². The number of carbonyl (C=O) groups excluding carboxylic acids is 2. The molecule has 2 amide bonds. The van der Waals surface area contributed by atoms with Crippen LogP contribution in [0.4, 0.5) is 0 Å². The Labute approximate surface area is 171 Å². The summed E-state index contributed by atoms with van der Waals surface area (Å²) in [6, 6.07) is 8.01. The first-order valence-corrected chi connectivity index (χ1v) is 10.3. The molecule has 1 aliphatic carbocycles. The van der Waals surface area contributed by atoms with Gasteiger partial charge in [-0.3, -0.25) is 14.3 Å². The Bertz CT molecular complexity index is 917. The van der Waals surface area contributed by atoms with E-state index in [1.54, 1.807) is 7.11 Å². The maximum absolute atomic E-state index is 12.9. The molecule has 0 spiro atoms. The van der Waals surface area contributed by atoms with E-state index >= 15 is 0 Å². The fourth-order valence-corrected chi connectivity index (χ4v) is 3.91. The molecule has 1 fully saturated rings. The highest BCUT2D eigenvalue weighted by molar-refractivity contribution is 5.79. The van der Waals surface area contributed by atoms with Gasteiger partial charge in [-0.1, -0.05) is 12.1 Å². The highest BCUT2D eigenvalue weighted by atomic mass is 16.5. The van der Waals surface area contributed by atoms with Gasteiger partial charge in [0.1, 0.15) is 5.75 Å². The number of carbonyl (C=O) groups is 2. The molecule has 1 saturated carbocycles. The summed E-state index contributed by atoms with van der Waals surface area (Å²) >= 11 is 0. The Morgan fingerprint density at radius 3 is 2.90 bits per heavy atom. The van der Waals surface area contributed by atoms with Gasteiger partial charge in [-0.05, 0) is 30.5 Å². The SMILES string of the molecule is COc1cccc(CC(=O)N2CCc3c(c(CCC(=O)NC4CC4)nn3C)C2)c1. The second-order valence-electron chi connectivity index (χ2n) is 7.93. The van der Waals surface area contributed by atoms with Gasteiger partial charge < -0.3 is 15.0 Å². The van der Waals surface area contributed by atoms with E-state index in [9.17, 15) is 9.59 Å². The summed E-state index contributed by atoms with van der Waals surface area (Å²) in [5.74, 6) is 0.953. The van der Waals surface area contributed by atoms with Crippen molar-refractivity contribution >= 4 is 11.8 Å². The Morgan fingerprint density at radius 1 is 1.31 bits per heavy atom. The Morgan fingerprint density at radius 2 is 2.14 bits per heavy atom. The molecule has 0 atom stereocenters. The van der Waals surface area contributed by atoms with E-state index < -0.39 is 0 Å². The Hall–Kier alpha value is -2.83. The molecule has 29 heavy (non-hydrogen) atoms. The van der Waals surface area contributed by atoms with E-state index in [-0.39, 0.29) is 11.8 Å². The van der Waals surface area contributed by atoms with Crippen molar-refractivity contribution in [3.8, 4) is 5.75 Å². The van der Waals surface area contributed by atoms with Gasteiger partial charge in [0.2, 0.25) is 11.8 Å². The van der Waals surface area contributed by atoms with Gasteiger partial charge in [-0.2, -0.15) is 5.10 Å². The number of fused-ring (bicyclic) bond motifs is 1. The van der Waals surface area contributed by atoms with Gasteiger partial charge in [0, 0.05) is 56.7 Å². The van der Waals surface area contributed by atoms with E-state index in [2.05, 4.69) is 10.4 Å². The monoisotopic (exact) mass is 396 g/mol. The number of aryl methyl sites for hydroxylation is 2. The van der Waals surface area contributed by atoms with Gasteiger partial charge in [-0.25, -0.2) is 0 Å². The summed E-state index contributed by atoms with van der Waals surface area (Å²) in [5, 5.41) is 7.67. The molecule has 1 aliphatic heterocycles. The van der Waals surface area contributed by atoms with Crippen molar-refractivity contribution in [2.75, 3.05) is 13.7 Å². The number of amides is 2. The van der Waals surface area contributed by atoms with Crippen molar-refractivity contribution in [1.82, 2.24) is 20.0 Å². The lowest BCUT2D eigenvalue weighted by Gasteiger charge is -2.28. The van der Waals surface area contributed by atoms with Gasteiger partial charge in [0.05, 0.1) is 19.2 Å². The third kappa shape index (κ3) is 4.60. The number of hydrogen-bond donors (Lipinski definition) is 1. The summed E-state index contributed by atoms with van der Waals surface area (Å²) in [6.45, 7) is 1.25. The average molecular weight is 396 g/mol. The van der Waals surface area contributed by atoms with Crippen LogP contribution in [0.2, 0.25) is 0 Å². The normalized spacial score (nSPS) is 15.7. The van der Waals surface area contributed by atoms with Crippen LogP contribution in [0.15, 0.2) is 24.3 Å². The summed E-state index contributed by atoms with van der Waals surface area (Å²) in [6.07, 6.45) is 4.38. The number of methoxy groups -OCH3 is 1. The third-order valence-corrected chi connectivity index (χ3v) is 5.70. The van der Waals surface area contributed by atoms with Crippen molar-refractivity contribution in [2.24, 2.45) is 7.05 Å². The summed E-state index contributed by atoms with van der Waals surface area (Å²) in [7, 11) is 3.57. The smallest absolute Gasteiger partial charge is 0.227 e. The molecule has 7 nitrogen and oxygen atoms in total. The van der Waals surface area contributed by atoms with Crippen LogP contribution in [0.5, 0.6) is 5.75 Å². The highest BCUT2D eigenvalue weighted by Gasteiger charge is 2.27. The molecule has 154 valence electrons. The molecule has 1 aromatic carbocycles. The summed E-state index contributed by atoms with van der Waals surface area (Å²) < 4.78 is 7.16. The highest BCUT2D eigenvalue weighted by Crippen LogP contribution is 2.24. The molecule has 0 bridgehead atoms. The Kier molecular flexibility index (Phi) is 5.56. The van der Waals surface area contributed by atoms with Crippen molar-refractivity contribution in [1.29, 1.82) is 0 Å². The lowest BCUT2D eigenvalue weighted by Crippen LogP contribution is -2.37. The zero-order valence-electron chi connectivity index (χ0n) is 17.1. The van der Waals surface area contributed by atoms with Crippen LogP contribution in [0, 0.1) is 0 Å². The number of nitrogens with one attached hydrogen (secondary N) is 1. The molecular weight excluding hydrogens is 368 g/mol. The van der Waals surface area contributed by atoms with E-state index in [1.807, 2.05) is 40.9 Å². The van der Waals surface area contributed by atoms with Crippen LogP contribution < -0.4 is 10.1 Å². The van der Waals surface area contributed by atoms with Gasteiger partial charge in [0.25, 0.3) is 0 Å². The summed E-state index contributed by atoms with van der Waals surface area (Å²) in [4.78, 5) is 26.8. The van der Waals surface area contributed by atoms with Crippen LogP contribution in [-0.4, -0.2) is 46.2 Å². The summed E-state index contributed by atoms with van der Waals surface area (Å²) in [5.41, 5.74) is 4.17. The van der Waals surface area contributed by atoms with Gasteiger partial charge >= 0.3 is 0 Å². The maximum Gasteiger partial charge on any atom is 0.227 e. The minimum Gasteiger partial charge on any atom is -0.497 e. The Balaban J connectivity index is 1.41. The zero-order chi connectivity index (χ0) is 20.4. The van der Waals surface area contributed by atoms with Crippen LogP contribution in [-0.2, 0) is 42.4 Å². The molecule has 2 heterocycles. The first-order chi connectivity index (χ1) is 14.0. The molecule has 0 radical (unpaired) electrons. The van der Waals surface area contributed by atoms with Gasteiger partial charge in [0.15, 0.2) is 0 Å². The molecule has 1 aromatic heterocycles. The fraction of sp³-hybridized carbons (Fsp3) is 0.500. The van der Waals surface area contributed by atoms with Crippen molar-refractivity contribution in [3.05, 3.63) is 46.8 Å². The first kappa shape index (κ1) is 19.5. The van der Waals surface area contributed by atoms with Crippen LogP contribution in [0.25, 0.3) is 0 Å². The number of aromatic nitrogens is 2. The number of nitrogens with zero attached hydrogens (tertiary/aromatic N) is 3. The second-order valence-corrected chi connectivity index (χ2v) is 7.93. The number of benzene rings is 1. The predicted octanol–water partition coefficient (Wildman–Crippen LogP) is 1.77. The minimum absolute atomic E-state index is 0.0914. The fourth-order valence-electron chi connectivity index (χ4n) is 3.91. The van der Waals surface area contributed by atoms with Crippen molar-refractivity contribution in [2.45, 2.75) is 51.1 Å². The van der Waals surface area contributed by atoms with Crippen LogP contribution in [0.3, 0.4) is 0 Å². The standard InChI is InChI=1S/C22H28N4O3/c1-25-20-10-11-26(22(28)13-15-4-3-5-17(12-15)29-2)14-18(20)19(24-25)8-9-21(27)23-16-6-7-16/h3-5,12,16H,6-11,13-14H2,1-2H3,(H,23,27). The number of rotatable bonds is 7. The third-order valence-electron chi connectivity index (χ3n) is 5.70. The second kappa shape index (κ2) is 8.27. The molecule has 2 aromatic rings. The van der Waals surface area contributed by atoms with E-state index in [4.69, 9.17) is 4.74 Å². The molecule has 2 aliphatic rings. The lowest BCUT2D eigenvalue weighted by atomic mass is 10.0. The van der Waals surface area contributed by atoms with E-state index in [0.29, 0.717) is 38.4 Å². The largest absolute Gasteiger partial charge is 0.497 e. The average Bonchev–Trinajstić information content (AvgIpc) is 3.48. The molecular formula is C22H28N4O3. The minimum atomic E-state index is 0.0914. The predicted molar refractivity (Wildman–Crippen MR) is 109 cm³/mol. The maximum atomic E-state index is 12.9. The lowest BCUT2D eigenvalue weighted by molar-refractivity contribution is -0.131. The quantitative estimate of drug-likeness (QED) is 0.774. The van der Waals surface area contributed by atoms with Crippen molar-refractivity contribution in [3.63, 3.8) is 0 Å².